The van der Waals surface area contributed by atoms with Crippen LogP contribution in [0, 0.1) is 0 Å². The summed E-state index contributed by atoms with van der Waals surface area (Å²) in [5, 5.41) is 12.2. The van der Waals surface area contributed by atoms with E-state index in [1.54, 1.807) is 0 Å². The lowest BCUT2D eigenvalue weighted by Gasteiger charge is -2.24. The molecular formula is C15H22N2O2. The molecule has 1 amide bonds. The van der Waals surface area contributed by atoms with Gasteiger partial charge in [0.05, 0.1) is 6.04 Å². The number of anilines is 1. The lowest BCUT2D eigenvalue weighted by atomic mass is 10.1. The predicted molar refractivity (Wildman–Crippen MR) is 76.3 cm³/mol. The number of carbonyl (C=O) groups is 1. The van der Waals surface area contributed by atoms with Crippen LogP contribution in [0.15, 0.2) is 24.3 Å². The van der Waals surface area contributed by atoms with Crippen molar-refractivity contribution in [1.82, 2.24) is 5.32 Å². The zero-order valence-corrected chi connectivity index (χ0v) is 11.4. The molecule has 1 saturated heterocycles. The number of aliphatic hydroxyl groups is 1. The third kappa shape index (κ3) is 3.33. The van der Waals surface area contributed by atoms with Crippen molar-refractivity contribution in [3.63, 3.8) is 0 Å². The molecule has 0 spiro atoms. The Balaban J connectivity index is 2.17. The largest absolute Gasteiger partial charge is 0.396 e. The third-order valence-corrected chi connectivity index (χ3v) is 3.59. The fourth-order valence-electron chi connectivity index (χ4n) is 2.42. The van der Waals surface area contributed by atoms with E-state index in [1.165, 1.54) is 5.56 Å². The summed E-state index contributed by atoms with van der Waals surface area (Å²) >= 11 is 0. The summed E-state index contributed by atoms with van der Waals surface area (Å²) in [4.78, 5) is 14.3. The minimum atomic E-state index is -0.265. The monoisotopic (exact) mass is 262 g/mol. The zero-order valence-electron chi connectivity index (χ0n) is 11.4. The van der Waals surface area contributed by atoms with Crippen molar-refractivity contribution >= 4 is 11.6 Å². The summed E-state index contributed by atoms with van der Waals surface area (Å²) in [6, 6.07) is 7.90. The van der Waals surface area contributed by atoms with Crippen molar-refractivity contribution < 1.29 is 9.90 Å². The van der Waals surface area contributed by atoms with Crippen LogP contribution in [0.5, 0.6) is 0 Å². The molecule has 1 atom stereocenters. The summed E-state index contributed by atoms with van der Waals surface area (Å²) in [7, 11) is 0. The average Bonchev–Trinajstić information content (AvgIpc) is 2.62. The molecule has 1 heterocycles. The van der Waals surface area contributed by atoms with Gasteiger partial charge >= 0.3 is 0 Å². The lowest BCUT2D eigenvalue weighted by molar-refractivity contribution is -0.120. The first-order chi connectivity index (χ1) is 9.26. The summed E-state index contributed by atoms with van der Waals surface area (Å²) in [6.45, 7) is 3.71. The third-order valence-electron chi connectivity index (χ3n) is 3.59. The quantitative estimate of drug-likeness (QED) is 0.860. The molecular weight excluding hydrogens is 240 g/mol. The first-order valence-corrected chi connectivity index (χ1v) is 7.00. The maximum Gasteiger partial charge on any atom is 0.244 e. The standard InChI is InChI=1S/C15H22N2O2/c1-2-12-4-6-13(7-5-12)17-10-3-9-16-14(8-11-18)15(17)19/h4-7,14,16,18H,2-3,8-11H2,1H3. The van der Waals surface area contributed by atoms with E-state index in [-0.39, 0.29) is 18.6 Å². The molecule has 0 aliphatic carbocycles. The summed E-state index contributed by atoms with van der Waals surface area (Å²) in [5.74, 6) is 0.0656. The Hall–Kier alpha value is -1.39. The van der Waals surface area contributed by atoms with E-state index in [0.717, 1.165) is 31.6 Å². The van der Waals surface area contributed by atoms with Gasteiger partial charge in [0.1, 0.15) is 0 Å². The van der Waals surface area contributed by atoms with E-state index in [4.69, 9.17) is 5.11 Å². The molecule has 1 fully saturated rings. The van der Waals surface area contributed by atoms with Crippen LogP contribution in [-0.4, -0.2) is 36.8 Å². The predicted octanol–water partition coefficient (Wildman–Crippen LogP) is 1.33. The molecule has 1 aromatic carbocycles. The van der Waals surface area contributed by atoms with Crippen molar-refractivity contribution in [1.29, 1.82) is 0 Å². The van der Waals surface area contributed by atoms with Gasteiger partial charge in [-0.2, -0.15) is 0 Å². The van der Waals surface area contributed by atoms with E-state index in [1.807, 2.05) is 17.0 Å². The van der Waals surface area contributed by atoms with E-state index < -0.39 is 0 Å². The number of amides is 1. The Morgan fingerprint density at radius 3 is 2.74 bits per heavy atom. The molecule has 1 unspecified atom stereocenters. The van der Waals surface area contributed by atoms with Crippen LogP contribution in [0.1, 0.15) is 25.3 Å². The molecule has 0 saturated carbocycles. The lowest BCUT2D eigenvalue weighted by Crippen LogP contribution is -2.44. The smallest absolute Gasteiger partial charge is 0.244 e. The highest BCUT2D eigenvalue weighted by Gasteiger charge is 2.26. The number of aliphatic hydroxyl groups excluding tert-OH is 1. The number of rotatable bonds is 4. The molecule has 2 rings (SSSR count). The summed E-state index contributed by atoms with van der Waals surface area (Å²) < 4.78 is 0. The maximum absolute atomic E-state index is 12.4. The van der Waals surface area contributed by atoms with Crippen molar-refractivity contribution in [3.8, 4) is 0 Å². The minimum absolute atomic E-state index is 0.0337. The highest BCUT2D eigenvalue weighted by atomic mass is 16.3. The molecule has 0 radical (unpaired) electrons. The topological polar surface area (TPSA) is 52.6 Å². The number of nitrogens with one attached hydrogen (secondary N) is 1. The first kappa shape index (κ1) is 14.0. The molecule has 4 nitrogen and oxygen atoms in total. The number of nitrogens with zero attached hydrogens (tertiary/aromatic N) is 1. The van der Waals surface area contributed by atoms with Crippen molar-refractivity contribution in [2.45, 2.75) is 32.2 Å². The molecule has 1 aliphatic rings. The maximum atomic E-state index is 12.4. The molecule has 4 heteroatoms. The van der Waals surface area contributed by atoms with Gasteiger partial charge in [0.15, 0.2) is 0 Å². The van der Waals surface area contributed by atoms with Gasteiger partial charge in [0.25, 0.3) is 0 Å². The van der Waals surface area contributed by atoms with Crippen LogP contribution in [0.4, 0.5) is 5.69 Å². The Bertz CT molecular complexity index is 417. The highest BCUT2D eigenvalue weighted by molar-refractivity contribution is 5.97. The van der Waals surface area contributed by atoms with Gasteiger partial charge < -0.3 is 15.3 Å². The normalized spacial score (nSPS) is 20.4. The summed E-state index contributed by atoms with van der Waals surface area (Å²) in [6.07, 6.45) is 2.41. The average molecular weight is 262 g/mol. The molecule has 104 valence electrons. The summed E-state index contributed by atoms with van der Waals surface area (Å²) in [5.41, 5.74) is 2.23. The van der Waals surface area contributed by atoms with Crippen LogP contribution in [0.25, 0.3) is 0 Å². The second-order valence-corrected chi connectivity index (χ2v) is 4.88. The Morgan fingerprint density at radius 2 is 2.11 bits per heavy atom. The first-order valence-electron chi connectivity index (χ1n) is 7.00. The van der Waals surface area contributed by atoms with Crippen molar-refractivity contribution in [2.75, 3.05) is 24.6 Å². The van der Waals surface area contributed by atoms with E-state index >= 15 is 0 Å². The molecule has 1 aromatic rings. The minimum Gasteiger partial charge on any atom is -0.396 e. The van der Waals surface area contributed by atoms with Gasteiger partial charge in [-0.3, -0.25) is 4.79 Å². The number of carbonyl (C=O) groups excluding carboxylic acids is 1. The van der Waals surface area contributed by atoms with E-state index in [0.29, 0.717) is 6.42 Å². The van der Waals surface area contributed by atoms with Gasteiger partial charge in [-0.1, -0.05) is 19.1 Å². The van der Waals surface area contributed by atoms with Gasteiger partial charge in [-0.15, -0.1) is 0 Å². The van der Waals surface area contributed by atoms with Crippen LogP contribution < -0.4 is 10.2 Å². The fourth-order valence-corrected chi connectivity index (χ4v) is 2.42. The Labute approximate surface area is 114 Å². The Morgan fingerprint density at radius 1 is 1.37 bits per heavy atom. The second-order valence-electron chi connectivity index (χ2n) is 4.88. The Kier molecular flexibility index (Phi) is 4.93. The number of aryl methyl sites for hydroxylation is 1. The SMILES string of the molecule is CCc1ccc(N2CCCNC(CCO)C2=O)cc1. The van der Waals surface area contributed by atoms with Gasteiger partial charge in [0.2, 0.25) is 5.91 Å². The fraction of sp³-hybridized carbons (Fsp3) is 0.533. The number of hydrogen-bond acceptors (Lipinski definition) is 3. The van der Waals surface area contributed by atoms with Crippen molar-refractivity contribution in [3.05, 3.63) is 29.8 Å². The zero-order chi connectivity index (χ0) is 13.7. The van der Waals surface area contributed by atoms with Crippen LogP contribution in [0.3, 0.4) is 0 Å². The molecule has 1 aliphatic heterocycles. The van der Waals surface area contributed by atoms with E-state index in [2.05, 4.69) is 24.4 Å². The second kappa shape index (κ2) is 6.68. The van der Waals surface area contributed by atoms with Crippen LogP contribution >= 0.6 is 0 Å². The van der Waals surface area contributed by atoms with Gasteiger partial charge in [-0.05, 0) is 43.5 Å². The molecule has 0 bridgehead atoms. The molecule has 19 heavy (non-hydrogen) atoms. The number of benzene rings is 1. The van der Waals surface area contributed by atoms with E-state index in [9.17, 15) is 4.79 Å². The molecule has 0 aromatic heterocycles. The van der Waals surface area contributed by atoms with Gasteiger partial charge in [0, 0.05) is 18.8 Å². The molecule has 2 N–H and O–H groups in total. The van der Waals surface area contributed by atoms with Gasteiger partial charge in [-0.25, -0.2) is 0 Å². The van der Waals surface area contributed by atoms with Crippen LogP contribution in [-0.2, 0) is 11.2 Å². The van der Waals surface area contributed by atoms with Crippen molar-refractivity contribution in [2.24, 2.45) is 0 Å². The highest BCUT2D eigenvalue weighted by Crippen LogP contribution is 2.19. The number of hydrogen-bond donors (Lipinski definition) is 2. The van der Waals surface area contributed by atoms with Crippen LogP contribution in [0.2, 0.25) is 0 Å².